The minimum absolute atomic E-state index is 0.293. The number of rotatable bonds is 3. The summed E-state index contributed by atoms with van der Waals surface area (Å²) in [7, 11) is 0. The molecule has 0 N–H and O–H groups in total. The van der Waals surface area contributed by atoms with Crippen LogP contribution in [0.25, 0.3) is 0 Å². The average molecular weight is 296 g/mol. The molecule has 0 aliphatic heterocycles. The lowest BCUT2D eigenvalue weighted by molar-refractivity contribution is 0.298. The van der Waals surface area contributed by atoms with Crippen molar-refractivity contribution in [2.45, 2.75) is 13.5 Å². The van der Waals surface area contributed by atoms with Crippen LogP contribution in [0.2, 0.25) is 0 Å². The van der Waals surface area contributed by atoms with Crippen LogP contribution in [0.4, 0.5) is 4.39 Å². The fourth-order valence-electron chi connectivity index (χ4n) is 1.41. The van der Waals surface area contributed by atoms with Crippen LogP contribution >= 0.6 is 15.9 Å². The van der Waals surface area contributed by atoms with E-state index in [9.17, 15) is 4.39 Å². The van der Waals surface area contributed by atoms with Gasteiger partial charge in [0.1, 0.15) is 18.2 Å². The van der Waals surface area contributed by atoms with Crippen molar-refractivity contribution in [2.75, 3.05) is 0 Å². The Morgan fingerprint density at radius 3 is 2.88 bits per heavy atom. The quantitative estimate of drug-likeness (QED) is 0.857. The molecule has 0 radical (unpaired) electrons. The van der Waals surface area contributed by atoms with E-state index in [1.807, 2.05) is 19.1 Å². The van der Waals surface area contributed by atoms with Gasteiger partial charge in [0.15, 0.2) is 0 Å². The monoisotopic (exact) mass is 295 g/mol. The second kappa shape index (κ2) is 5.27. The Bertz CT molecular complexity index is 531. The number of benzene rings is 1. The topological polar surface area (TPSA) is 22.1 Å². The Hall–Kier alpha value is -1.42. The molecule has 1 aromatic heterocycles. The van der Waals surface area contributed by atoms with Gasteiger partial charge < -0.3 is 4.74 Å². The first kappa shape index (κ1) is 12.0. The largest absolute Gasteiger partial charge is 0.486 e. The van der Waals surface area contributed by atoms with Gasteiger partial charge in [0.05, 0.1) is 10.2 Å². The van der Waals surface area contributed by atoms with Gasteiger partial charge in [0, 0.05) is 6.20 Å². The van der Waals surface area contributed by atoms with Crippen molar-refractivity contribution in [3.63, 3.8) is 0 Å². The van der Waals surface area contributed by atoms with Crippen LogP contribution < -0.4 is 4.74 Å². The third kappa shape index (κ3) is 3.03. The normalized spacial score (nSPS) is 10.3. The Labute approximate surface area is 108 Å². The SMILES string of the molecule is Cc1cccnc1COc1ccc(F)cc1Br. The van der Waals surface area contributed by atoms with Gasteiger partial charge in [-0.2, -0.15) is 0 Å². The number of halogens is 2. The summed E-state index contributed by atoms with van der Waals surface area (Å²) in [6.45, 7) is 2.35. The zero-order chi connectivity index (χ0) is 12.3. The Kier molecular flexibility index (Phi) is 3.74. The summed E-state index contributed by atoms with van der Waals surface area (Å²) in [5.41, 5.74) is 1.95. The summed E-state index contributed by atoms with van der Waals surface area (Å²) < 4.78 is 19.1. The molecule has 0 spiro atoms. The maximum Gasteiger partial charge on any atom is 0.134 e. The van der Waals surface area contributed by atoms with Gasteiger partial charge in [-0.3, -0.25) is 4.98 Å². The molecule has 4 heteroatoms. The average Bonchev–Trinajstić information content (AvgIpc) is 2.30. The maximum absolute atomic E-state index is 12.9. The van der Waals surface area contributed by atoms with E-state index in [0.29, 0.717) is 16.8 Å². The van der Waals surface area contributed by atoms with E-state index in [2.05, 4.69) is 20.9 Å². The molecule has 0 saturated carbocycles. The number of aryl methyl sites for hydroxylation is 1. The molecule has 2 aromatic rings. The lowest BCUT2D eigenvalue weighted by Gasteiger charge is -2.09. The van der Waals surface area contributed by atoms with E-state index in [1.165, 1.54) is 12.1 Å². The number of hydrogen-bond donors (Lipinski definition) is 0. The molecule has 0 aliphatic carbocycles. The van der Waals surface area contributed by atoms with Gasteiger partial charge in [0.2, 0.25) is 0 Å². The second-order valence-corrected chi connectivity index (χ2v) is 4.48. The molecule has 17 heavy (non-hydrogen) atoms. The first-order chi connectivity index (χ1) is 8.16. The maximum atomic E-state index is 12.9. The first-order valence-electron chi connectivity index (χ1n) is 5.15. The highest BCUT2D eigenvalue weighted by molar-refractivity contribution is 9.10. The molecule has 2 rings (SSSR count). The van der Waals surface area contributed by atoms with Crippen molar-refractivity contribution in [1.29, 1.82) is 0 Å². The van der Waals surface area contributed by atoms with Gasteiger partial charge >= 0.3 is 0 Å². The molecule has 1 heterocycles. The molecule has 0 aliphatic rings. The summed E-state index contributed by atoms with van der Waals surface area (Å²) >= 11 is 3.25. The van der Waals surface area contributed by atoms with E-state index in [0.717, 1.165) is 11.3 Å². The zero-order valence-corrected chi connectivity index (χ0v) is 10.9. The van der Waals surface area contributed by atoms with Gasteiger partial charge in [-0.15, -0.1) is 0 Å². The molecular formula is C13H11BrFNO. The van der Waals surface area contributed by atoms with Gasteiger partial charge in [0.25, 0.3) is 0 Å². The van der Waals surface area contributed by atoms with Crippen LogP contribution in [0, 0.1) is 12.7 Å². The Morgan fingerprint density at radius 2 is 2.18 bits per heavy atom. The highest BCUT2D eigenvalue weighted by atomic mass is 79.9. The van der Waals surface area contributed by atoms with Crippen LogP contribution in [0.5, 0.6) is 5.75 Å². The molecule has 0 bridgehead atoms. The van der Waals surface area contributed by atoms with Gasteiger partial charge in [-0.05, 0) is 52.7 Å². The number of ether oxygens (including phenoxy) is 1. The molecule has 0 amide bonds. The molecule has 88 valence electrons. The van der Waals surface area contributed by atoms with Crippen LogP contribution in [-0.2, 0) is 6.61 Å². The summed E-state index contributed by atoms with van der Waals surface area (Å²) in [5, 5.41) is 0. The second-order valence-electron chi connectivity index (χ2n) is 3.63. The summed E-state index contributed by atoms with van der Waals surface area (Å²) in [6.07, 6.45) is 1.73. The molecule has 0 atom stereocenters. The Morgan fingerprint density at radius 1 is 1.35 bits per heavy atom. The van der Waals surface area contributed by atoms with Crippen LogP contribution in [0.3, 0.4) is 0 Å². The van der Waals surface area contributed by atoms with E-state index in [-0.39, 0.29) is 5.82 Å². The number of nitrogens with zero attached hydrogens (tertiary/aromatic N) is 1. The third-order valence-corrected chi connectivity index (χ3v) is 3.00. The zero-order valence-electron chi connectivity index (χ0n) is 9.28. The number of pyridine rings is 1. The van der Waals surface area contributed by atoms with Crippen LogP contribution in [0.15, 0.2) is 41.0 Å². The van der Waals surface area contributed by atoms with E-state index in [1.54, 1.807) is 12.3 Å². The van der Waals surface area contributed by atoms with Crippen molar-refractivity contribution in [1.82, 2.24) is 4.98 Å². The predicted octanol–water partition coefficient (Wildman–Crippen LogP) is 3.87. The summed E-state index contributed by atoms with van der Waals surface area (Å²) in [5.74, 6) is 0.315. The van der Waals surface area contributed by atoms with Crippen molar-refractivity contribution in [3.8, 4) is 5.75 Å². The van der Waals surface area contributed by atoms with Crippen LogP contribution in [-0.4, -0.2) is 4.98 Å². The van der Waals surface area contributed by atoms with Crippen LogP contribution in [0.1, 0.15) is 11.3 Å². The highest BCUT2D eigenvalue weighted by Gasteiger charge is 2.04. The molecular weight excluding hydrogens is 285 g/mol. The first-order valence-corrected chi connectivity index (χ1v) is 5.94. The molecule has 1 aromatic carbocycles. The fourth-order valence-corrected chi connectivity index (χ4v) is 1.87. The summed E-state index contributed by atoms with van der Waals surface area (Å²) in [4.78, 5) is 4.23. The van der Waals surface area contributed by atoms with Crippen molar-refractivity contribution in [3.05, 3.63) is 58.1 Å². The smallest absolute Gasteiger partial charge is 0.134 e. The summed E-state index contributed by atoms with van der Waals surface area (Å²) in [6, 6.07) is 8.20. The van der Waals surface area contributed by atoms with Gasteiger partial charge in [-0.25, -0.2) is 4.39 Å². The predicted molar refractivity (Wildman–Crippen MR) is 67.4 cm³/mol. The Balaban J connectivity index is 2.10. The minimum atomic E-state index is -0.293. The molecule has 2 nitrogen and oxygen atoms in total. The molecule has 0 unspecified atom stereocenters. The van der Waals surface area contributed by atoms with E-state index in [4.69, 9.17) is 4.74 Å². The van der Waals surface area contributed by atoms with Crippen molar-refractivity contribution < 1.29 is 9.13 Å². The van der Waals surface area contributed by atoms with E-state index >= 15 is 0 Å². The van der Waals surface area contributed by atoms with Gasteiger partial charge in [-0.1, -0.05) is 6.07 Å². The lowest BCUT2D eigenvalue weighted by atomic mass is 10.2. The number of hydrogen-bond acceptors (Lipinski definition) is 2. The molecule has 0 saturated heterocycles. The minimum Gasteiger partial charge on any atom is -0.486 e. The van der Waals surface area contributed by atoms with Crippen molar-refractivity contribution >= 4 is 15.9 Å². The number of aromatic nitrogens is 1. The molecule has 0 fully saturated rings. The lowest BCUT2D eigenvalue weighted by Crippen LogP contribution is -2.00. The highest BCUT2D eigenvalue weighted by Crippen LogP contribution is 2.26. The van der Waals surface area contributed by atoms with Crippen molar-refractivity contribution in [2.24, 2.45) is 0 Å². The fraction of sp³-hybridized carbons (Fsp3) is 0.154. The van der Waals surface area contributed by atoms with E-state index < -0.39 is 0 Å². The standard InChI is InChI=1S/C13H11BrFNO/c1-9-3-2-6-16-12(9)8-17-13-5-4-10(15)7-11(13)14/h2-7H,8H2,1H3. The third-order valence-electron chi connectivity index (χ3n) is 2.38.